The number of hydrogen-bond acceptors (Lipinski definition) is 3. The van der Waals surface area contributed by atoms with Crippen molar-refractivity contribution in [1.29, 1.82) is 0 Å². The average molecular weight is 424 g/mol. The highest BCUT2D eigenvalue weighted by molar-refractivity contribution is 5.94. The highest BCUT2D eigenvalue weighted by Gasteiger charge is 2.05. The maximum Gasteiger partial charge on any atom is 0.251 e. The Morgan fingerprint density at radius 2 is 1.65 bits per heavy atom. The van der Waals surface area contributed by atoms with Crippen molar-refractivity contribution in [2.24, 2.45) is 4.99 Å². The van der Waals surface area contributed by atoms with Crippen LogP contribution in [0.25, 0.3) is 0 Å². The summed E-state index contributed by atoms with van der Waals surface area (Å²) >= 11 is 0. The lowest BCUT2D eigenvalue weighted by Gasteiger charge is -2.18. The van der Waals surface area contributed by atoms with Crippen molar-refractivity contribution >= 4 is 11.9 Å². The Labute approximate surface area is 187 Å². The van der Waals surface area contributed by atoms with E-state index in [0.717, 1.165) is 50.7 Å². The number of guanidine groups is 1. The van der Waals surface area contributed by atoms with Gasteiger partial charge in [-0.15, -0.1) is 0 Å². The van der Waals surface area contributed by atoms with Crippen LogP contribution in [-0.4, -0.2) is 50.0 Å². The van der Waals surface area contributed by atoms with Gasteiger partial charge in [0.2, 0.25) is 0 Å². The Morgan fingerprint density at radius 3 is 2.35 bits per heavy atom. The van der Waals surface area contributed by atoms with Gasteiger partial charge in [-0.25, -0.2) is 4.99 Å². The van der Waals surface area contributed by atoms with Crippen LogP contribution in [-0.2, 0) is 19.5 Å². The fraction of sp³-hybridized carbons (Fsp3) is 0.440. The van der Waals surface area contributed by atoms with Gasteiger partial charge >= 0.3 is 0 Å². The highest BCUT2D eigenvalue weighted by atomic mass is 16.1. The third-order valence-electron chi connectivity index (χ3n) is 5.18. The largest absolute Gasteiger partial charge is 0.357 e. The van der Waals surface area contributed by atoms with Crippen LogP contribution in [0.15, 0.2) is 53.5 Å². The van der Waals surface area contributed by atoms with E-state index in [0.29, 0.717) is 12.1 Å². The van der Waals surface area contributed by atoms with Crippen LogP contribution in [0.1, 0.15) is 47.8 Å². The van der Waals surface area contributed by atoms with E-state index >= 15 is 0 Å². The van der Waals surface area contributed by atoms with Gasteiger partial charge < -0.3 is 16.0 Å². The van der Waals surface area contributed by atoms with E-state index in [-0.39, 0.29) is 5.91 Å². The smallest absolute Gasteiger partial charge is 0.251 e. The molecule has 0 unspecified atom stereocenters. The molecule has 0 aliphatic heterocycles. The number of amides is 1. The molecule has 0 radical (unpaired) electrons. The van der Waals surface area contributed by atoms with Crippen molar-refractivity contribution in [3.8, 4) is 0 Å². The summed E-state index contributed by atoms with van der Waals surface area (Å²) in [7, 11) is 1.65. The number of aliphatic imine (C=N–C) groups is 1. The molecule has 2 rings (SSSR count). The fourth-order valence-corrected chi connectivity index (χ4v) is 3.38. The van der Waals surface area contributed by atoms with Gasteiger partial charge in [0.15, 0.2) is 5.96 Å². The van der Waals surface area contributed by atoms with Crippen molar-refractivity contribution in [3.05, 3.63) is 70.8 Å². The Morgan fingerprint density at radius 1 is 0.935 bits per heavy atom. The van der Waals surface area contributed by atoms with Gasteiger partial charge in [-0.2, -0.15) is 0 Å². The maximum absolute atomic E-state index is 11.8. The summed E-state index contributed by atoms with van der Waals surface area (Å²) in [5.74, 6) is 0.743. The van der Waals surface area contributed by atoms with Gasteiger partial charge in [0.25, 0.3) is 5.91 Å². The molecule has 2 aromatic carbocycles. The summed E-state index contributed by atoms with van der Waals surface area (Å²) in [5, 5.41) is 9.37. The third-order valence-corrected chi connectivity index (χ3v) is 5.18. The average Bonchev–Trinajstić information content (AvgIpc) is 2.81. The van der Waals surface area contributed by atoms with E-state index in [1.165, 1.54) is 11.1 Å². The Bertz CT molecular complexity index is 845. The van der Waals surface area contributed by atoms with Crippen LogP contribution in [0.4, 0.5) is 0 Å². The fourth-order valence-electron chi connectivity index (χ4n) is 3.38. The van der Waals surface area contributed by atoms with Crippen LogP contribution < -0.4 is 16.0 Å². The van der Waals surface area contributed by atoms with Gasteiger partial charge in [-0.1, -0.05) is 50.2 Å². The molecule has 3 N–H and O–H groups in total. The van der Waals surface area contributed by atoms with Crippen LogP contribution in [0, 0.1) is 0 Å². The third kappa shape index (κ3) is 8.42. The molecule has 0 aromatic heterocycles. The molecule has 1 amide bonds. The monoisotopic (exact) mass is 423 g/mol. The number of nitrogens with one attached hydrogen (secondary N) is 3. The van der Waals surface area contributed by atoms with E-state index < -0.39 is 0 Å². The minimum atomic E-state index is -0.0621. The first kappa shape index (κ1) is 24.4. The summed E-state index contributed by atoms with van der Waals surface area (Å²) in [6.45, 7) is 11.7. The second-order valence-corrected chi connectivity index (χ2v) is 7.43. The van der Waals surface area contributed by atoms with Crippen molar-refractivity contribution in [1.82, 2.24) is 20.9 Å². The standard InChI is InChI=1S/C25H37N5O/c1-5-27-25(28-15-14-20-10-9-13-23(17-20)24(31)26-4)29-18-21-11-8-12-22(16-21)19-30(6-2)7-3/h8-13,16-17H,5-7,14-15,18-19H2,1-4H3,(H,26,31)(H2,27,28,29). The number of benzene rings is 2. The van der Waals surface area contributed by atoms with E-state index in [2.05, 4.69) is 65.9 Å². The van der Waals surface area contributed by atoms with E-state index in [1.54, 1.807) is 7.05 Å². The zero-order valence-corrected chi connectivity index (χ0v) is 19.4. The second kappa shape index (κ2) is 13.4. The Hall–Kier alpha value is -2.86. The zero-order valence-electron chi connectivity index (χ0n) is 19.4. The van der Waals surface area contributed by atoms with E-state index in [1.807, 2.05) is 24.3 Å². The molecule has 2 aromatic rings. The first-order valence-electron chi connectivity index (χ1n) is 11.2. The summed E-state index contributed by atoms with van der Waals surface area (Å²) in [4.78, 5) is 19.0. The molecule has 6 nitrogen and oxygen atoms in total. The molecule has 31 heavy (non-hydrogen) atoms. The van der Waals surface area contributed by atoms with Crippen LogP contribution in [0.5, 0.6) is 0 Å². The van der Waals surface area contributed by atoms with Gasteiger partial charge in [0, 0.05) is 32.2 Å². The van der Waals surface area contributed by atoms with E-state index in [9.17, 15) is 4.79 Å². The lowest BCUT2D eigenvalue weighted by atomic mass is 10.1. The first-order valence-corrected chi connectivity index (χ1v) is 11.2. The van der Waals surface area contributed by atoms with Gasteiger partial charge in [0.05, 0.1) is 6.54 Å². The molecule has 6 heteroatoms. The maximum atomic E-state index is 11.8. The van der Waals surface area contributed by atoms with Crippen molar-refractivity contribution in [2.45, 2.75) is 40.3 Å². The van der Waals surface area contributed by atoms with Crippen LogP contribution in [0.2, 0.25) is 0 Å². The summed E-state index contributed by atoms with van der Waals surface area (Å²) in [5.41, 5.74) is 4.34. The Kier molecular flexibility index (Phi) is 10.6. The molecule has 0 saturated carbocycles. The predicted octanol–water partition coefficient (Wildman–Crippen LogP) is 3.19. The lowest BCUT2D eigenvalue weighted by Crippen LogP contribution is -2.38. The summed E-state index contributed by atoms with van der Waals surface area (Å²) < 4.78 is 0. The number of carbonyl (C=O) groups excluding carboxylic acids is 1. The molecule has 0 fully saturated rings. The molecule has 0 saturated heterocycles. The minimum absolute atomic E-state index is 0.0621. The lowest BCUT2D eigenvalue weighted by molar-refractivity contribution is 0.0963. The SMILES string of the molecule is CCNC(=NCc1cccc(CN(CC)CC)c1)NCCc1cccc(C(=O)NC)c1. The number of carbonyl (C=O) groups is 1. The normalized spacial score (nSPS) is 11.5. The predicted molar refractivity (Wildman–Crippen MR) is 129 cm³/mol. The van der Waals surface area contributed by atoms with Crippen molar-refractivity contribution < 1.29 is 4.79 Å². The van der Waals surface area contributed by atoms with Crippen molar-refractivity contribution in [2.75, 3.05) is 33.2 Å². The molecule has 0 spiro atoms. The summed E-state index contributed by atoms with van der Waals surface area (Å²) in [6, 6.07) is 16.4. The highest BCUT2D eigenvalue weighted by Crippen LogP contribution is 2.10. The van der Waals surface area contributed by atoms with E-state index in [4.69, 9.17) is 4.99 Å². The van der Waals surface area contributed by atoms with Crippen molar-refractivity contribution in [3.63, 3.8) is 0 Å². The summed E-state index contributed by atoms with van der Waals surface area (Å²) in [6.07, 6.45) is 0.814. The van der Waals surface area contributed by atoms with Gasteiger partial charge in [-0.3, -0.25) is 9.69 Å². The number of rotatable bonds is 11. The van der Waals surface area contributed by atoms with Crippen LogP contribution >= 0.6 is 0 Å². The quantitative estimate of drug-likeness (QED) is 0.384. The molecule has 0 bridgehead atoms. The molecule has 0 aliphatic carbocycles. The molecular formula is C25H37N5O. The number of hydrogen-bond donors (Lipinski definition) is 3. The second-order valence-electron chi connectivity index (χ2n) is 7.43. The Balaban J connectivity index is 1.94. The molecule has 0 aliphatic rings. The topological polar surface area (TPSA) is 68.8 Å². The van der Waals surface area contributed by atoms with Gasteiger partial charge in [-0.05, 0) is 55.3 Å². The van der Waals surface area contributed by atoms with Gasteiger partial charge in [0.1, 0.15) is 0 Å². The molecule has 0 heterocycles. The van der Waals surface area contributed by atoms with Crippen LogP contribution in [0.3, 0.4) is 0 Å². The first-order chi connectivity index (χ1) is 15.1. The molecule has 0 atom stereocenters. The molecular weight excluding hydrogens is 386 g/mol. The zero-order chi connectivity index (χ0) is 22.5. The number of nitrogens with zero attached hydrogens (tertiary/aromatic N) is 2. The molecule has 168 valence electrons. The minimum Gasteiger partial charge on any atom is -0.357 e.